The van der Waals surface area contributed by atoms with E-state index in [0.29, 0.717) is 17.3 Å². The number of para-hydroxylation sites is 2. The number of imidazole rings is 1. The summed E-state index contributed by atoms with van der Waals surface area (Å²) in [5, 5.41) is 2.94. The van der Waals surface area contributed by atoms with Crippen molar-refractivity contribution >= 4 is 46.6 Å². The molecule has 9 nitrogen and oxygen atoms in total. The summed E-state index contributed by atoms with van der Waals surface area (Å²) in [5.74, 6) is -0.283. The Morgan fingerprint density at radius 2 is 2.00 bits per heavy atom. The molecule has 0 saturated carbocycles. The van der Waals surface area contributed by atoms with Crippen LogP contribution in [-0.2, 0) is 30.9 Å². The van der Waals surface area contributed by atoms with Gasteiger partial charge >= 0.3 is 11.9 Å². The van der Waals surface area contributed by atoms with Crippen molar-refractivity contribution in [2.24, 2.45) is 7.05 Å². The summed E-state index contributed by atoms with van der Waals surface area (Å²) < 4.78 is 12.6. The number of rotatable bonds is 5. The van der Waals surface area contributed by atoms with Gasteiger partial charge in [-0.15, -0.1) is 11.8 Å². The predicted octanol–water partition coefficient (Wildman–Crippen LogP) is 2.43. The molecule has 1 saturated heterocycles. The van der Waals surface area contributed by atoms with Gasteiger partial charge in [-0.25, -0.2) is 9.78 Å². The molecule has 4 rings (SSSR count). The van der Waals surface area contributed by atoms with E-state index in [0.717, 1.165) is 11.0 Å². The molecule has 2 aromatic rings. The lowest BCUT2D eigenvalue weighted by Gasteiger charge is -2.50. The van der Waals surface area contributed by atoms with Crippen LogP contribution in [0.1, 0.15) is 27.7 Å². The summed E-state index contributed by atoms with van der Waals surface area (Å²) in [6, 6.07) is 7.18. The lowest BCUT2D eigenvalue weighted by atomic mass is 10.0. The van der Waals surface area contributed by atoms with Crippen molar-refractivity contribution in [2.75, 3.05) is 17.7 Å². The highest BCUT2D eigenvalue weighted by atomic mass is 32.2. The van der Waals surface area contributed by atoms with Crippen molar-refractivity contribution < 1.29 is 23.9 Å². The first-order valence-electron chi connectivity index (χ1n) is 10.3. The fourth-order valence-electron chi connectivity index (χ4n) is 3.71. The molecule has 1 N–H and O–H groups in total. The van der Waals surface area contributed by atoms with Crippen LogP contribution in [0.5, 0.6) is 0 Å². The van der Waals surface area contributed by atoms with Crippen LogP contribution < -0.4 is 5.32 Å². The minimum atomic E-state index is -0.727. The molecule has 0 spiro atoms. The van der Waals surface area contributed by atoms with Gasteiger partial charge in [0.25, 0.3) is 5.91 Å². The van der Waals surface area contributed by atoms with Crippen molar-refractivity contribution in [3.8, 4) is 0 Å². The second kappa shape index (κ2) is 8.16. The van der Waals surface area contributed by atoms with Crippen molar-refractivity contribution in [3.63, 3.8) is 0 Å². The number of β-lactam (4-membered cyclic amide) rings is 1. The Hall–Kier alpha value is -3.01. The Morgan fingerprint density at radius 1 is 1.28 bits per heavy atom. The highest BCUT2D eigenvalue weighted by molar-refractivity contribution is 8.00. The van der Waals surface area contributed by atoms with Gasteiger partial charge in [0.05, 0.1) is 11.0 Å². The van der Waals surface area contributed by atoms with Gasteiger partial charge < -0.3 is 19.4 Å². The molecule has 10 heteroatoms. The SMILES string of the molecule is CC(=O)OCC1=C(C(=O)OC(C)(C)C)N2C(=O)C(Nc3nc4ccccc4n3C)[C@H]2SC1. The van der Waals surface area contributed by atoms with Crippen LogP contribution >= 0.6 is 11.8 Å². The van der Waals surface area contributed by atoms with E-state index in [1.54, 1.807) is 20.8 Å². The predicted molar refractivity (Wildman–Crippen MR) is 121 cm³/mol. The van der Waals surface area contributed by atoms with Crippen LogP contribution in [0, 0.1) is 0 Å². The smallest absolute Gasteiger partial charge is 0.355 e. The fraction of sp³-hybridized carbons (Fsp3) is 0.455. The fourth-order valence-corrected chi connectivity index (χ4v) is 5.04. The van der Waals surface area contributed by atoms with E-state index in [-0.39, 0.29) is 23.6 Å². The number of hydrogen-bond donors (Lipinski definition) is 1. The summed E-state index contributed by atoms with van der Waals surface area (Å²) in [7, 11) is 1.88. The monoisotopic (exact) mass is 458 g/mol. The van der Waals surface area contributed by atoms with Gasteiger partial charge in [-0.2, -0.15) is 0 Å². The van der Waals surface area contributed by atoms with Crippen molar-refractivity contribution in [1.29, 1.82) is 0 Å². The molecule has 32 heavy (non-hydrogen) atoms. The molecule has 0 aliphatic carbocycles. The number of carbonyl (C=O) groups is 3. The maximum atomic E-state index is 13.2. The number of ether oxygens (including phenoxy) is 2. The summed E-state index contributed by atoms with van der Waals surface area (Å²) >= 11 is 1.50. The number of benzene rings is 1. The van der Waals surface area contributed by atoms with Gasteiger partial charge in [0.1, 0.15) is 29.3 Å². The van der Waals surface area contributed by atoms with Crippen molar-refractivity contribution in [1.82, 2.24) is 14.5 Å². The Morgan fingerprint density at radius 3 is 2.66 bits per heavy atom. The average molecular weight is 459 g/mol. The summed E-state index contributed by atoms with van der Waals surface area (Å²) in [4.78, 5) is 43.5. The molecule has 1 aromatic carbocycles. The Kier molecular flexibility index (Phi) is 5.66. The number of nitrogens with zero attached hydrogens (tertiary/aromatic N) is 3. The highest BCUT2D eigenvalue weighted by Crippen LogP contribution is 2.42. The molecule has 1 aromatic heterocycles. The molecule has 1 fully saturated rings. The van der Waals surface area contributed by atoms with E-state index in [2.05, 4.69) is 10.3 Å². The number of anilines is 1. The third-order valence-corrected chi connectivity index (χ3v) is 6.50. The lowest BCUT2D eigenvalue weighted by Crippen LogP contribution is -2.68. The topological polar surface area (TPSA) is 103 Å². The second-order valence-corrected chi connectivity index (χ2v) is 9.85. The first-order valence-corrected chi connectivity index (χ1v) is 11.3. The van der Waals surface area contributed by atoms with E-state index in [4.69, 9.17) is 9.47 Å². The maximum Gasteiger partial charge on any atom is 0.355 e. The van der Waals surface area contributed by atoms with Crippen LogP contribution in [0.25, 0.3) is 11.0 Å². The van der Waals surface area contributed by atoms with E-state index >= 15 is 0 Å². The van der Waals surface area contributed by atoms with Gasteiger partial charge in [0, 0.05) is 25.3 Å². The standard InChI is InChI=1S/C22H26N4O5S/c1-12(27)30-10-13-11-32-19-16(18(28)26(19)17(13)20(29)31-22(2,3)4)24-21-23-14-8-6-7-9-15(14)25(21)5/h6-9,16,19H,10-11H2,1-5H3,(H,23,24)/t16?,19-/m1/s1. The lowest BCUT2D eigenvalue weighted by molar-refractivity contribution is -0.157. The summed E-state index contributed by atoms with van der Waals surface area (Å²) in [6.07, 6.45) is 0. The molecule has 2 atom stereocenters. The van der Waals surface area contributed by atoms with Crippen molar-refractivity contribution in [2.45, 2.75) is 44.7 Å². The molecule has 0 radical (unpaired) electrons. The Bertz CT molecular complexity index is 1130. The third-order valence-electron chi connectivity index (χ3n) is 5.16. The highest BCUT2D eigenvalue weighted by Gasteiger charge is 2.54. The number of esters is 2. The zero-order valence-electron chi connectivity index (χ0n) is 18.7. The first-order chi connectivity index (χ1) is 15.1. The third kappa shape index (κ3) is 4.06. The van der Waals surface area contributed by atoms with Crippen LogP contribution in [0.2, 0.25) is 0 Å². The van der Waals surface area contributed by atoms with Crippen molar-refractivity contribution in [3.05, 3.63) is 35.5 Å². The van der Waals surface area contributed by atoms with E-state index in [1.165, 1.54) is 23.6 Å². The number of amides is 1. The van der Waals surface area contributed by atoms with Crippen LogP contribution in [0.4, 0.5) is 5.95 Å². The average Bonchev–Trinajstić information content (AvgIpc) is 3.04. The zero-order chi connectivity index (χ0) is 23.2. The number of hydrogen-bond acceptors (Lipinski definition) is 8. The minimum absolute atomic E-state index is 0.0593. The summed E-state index contributed by atoms with van der Waals surface area (Å²) in [6.45, 7) is 6.54. The molecule has 1 unspecified atom stereocenters. The molecule has 2 aliphatic heterocycles. The number of nitrogens with one attached hydrogen (secondary N) is 1. The number of aryl methyl sites for hydroxylation is 1. The molecular weight excluding hydrogens is 432 g/mol. The Labute approximate surface area is 190 Å². The molecule has 1 amide bonds. The second-order valence-electron chi connectivity index (χ2n) is 8.75. The molecule has 170 valence electrons. The zero-order valence-corrected chi connectivity index (χ0v) is 19.5. The van der Waals surface area contributed by atoms with Gasteiger partial charge in [0.15, 0.2) is 0 Å². The molecule has 0 bridgehead atoms. The minimum Gasteiger partial charge on any atom is -0.461 e. The number of carbonyl (C=O) groups excluding carboxylic acids is 3. The van der Waals surface area contributed by atoms with E-state index in [9.17, 15) is 14.4 Å². The van der Waals surface area contributed by atoms with Crippen LogP contribution in [0.3, 0.4) is 0 Å². The van der Waals surface area contributed by atoms with E-state index < -0.39 is 23.6 Å². The quantitative estimate of drug-likeness (QED) is 0.538. The number of fused-ring (bicyclic) bond motifs is 2. The number of thioether (sulfide) groups is 1. The summed E-state index contributed by atoms with van der Waals surface area (Å²) in [5.41, 5.74) is 1.78. The normalized spacial score (nSPS) is 20.7. The molecular formula is C22H26N4O5S. The largest absolute Gasteiger partial charge is 0.461 e. The maximum absolute atomic E-state index is 13.2. The van der Waals surface area contributed by atoms with Gasteiger partial charge in [0.2, 0.25) is 5.95 Å². The number of aromatic nitrogens is 2. The van der Waals surface area contributed by atoms with Gasteiger partial charge in [-0.3, -0.25) is 14.5 Å². The van der Waals surface area contributed by atoms with Crippen LogP contribution in [-0.4, -0.2) is 61.7 Å². The van der Waals surface area contributed by atoms with E-state index in [1.807, 2.05) is 35.9 Å². The Balaban J connectivity index is 1.60. The molecule has 3 heterocycles. The van der Waals surface area contributed by atoms with Crippen LogP contribution in [0.15, 0.2) is 35.5 Å². The first kappa shape index (κ1) is 22.2. The van der Waals surface area contributed by atoms with Gasteiger partial charge in [-0.05, 0) is 32.9 Å². The van der Waals surface area contributed by atoms with Gasteiger partial charge in [-0.1, -0.05) is 12.1 Å². The molecule has 2 aliphatic rings.